The van der Waals surface area contributed by atoms with Gasteiger partial charge in [0.05, 0.1) is 18.0 Å². The molecule has 0 aromatic heterocycles. The van der Waals surface area contributed by atoms with Gasteiger partial charge in [-0.3, -0.25) is 0 Å². The molecule has 64 heavy (non-hydrogen) atoms. The van der Waals surface area contributed by atoms with Gasteiger partial charge in [0, 0.05) is 22.7 Å². The van der Waals surface area contributed by atoms with E-state index in [0.717, 1.165) is 45.2 Å². The van der Waals surface area contributed by atoms with Gasteiger partial charge in [-0.1, -0.05) is 150 Å². The minimum Gasteiger partial charge on any atom is -0.494 e. The van der Waals surface area contributed by atoms with E-state index >= 15 is 0 Å². The van der Waals surface area contributed by atoms with Crippen molar-refractivity contribution in [2.75, 3.05) is 16.4 Å². The van der Waals surface area contributed by atoms with Crippen molar-refractivity contribution in [1.29, 1.82) is 0 Å². The molecule has 0 heterocycles. The molecule has 0 fully saturated rings. The van der Waals surface area contributed by atoms with Crippen LogP contribution in [-0.2, 0) is 0 Å². The predicted octanol–water partition coefficient (Wildman–Crippen LogP) is 17.2. The number of ether oxygens (including phenoxy) is 1. The van der Waals surface area contributed by atoms with Crippen LogP contribution in [0.3, 0.4) is 0 Å². The van der Waals surface area contributed by atoms with Crippen LogP contribution in [0.4, 0.5) is 34.1 Å². The zero-order valence-corrected chi connectivity index (χ0v) is 38.5. The van der Waals surface area contributed by atoms with Crippen molar-refractivity contribution < 1.29 is 4.74 Å². The van der Waals surface area contributed by atoms with Crippen LogP contribution in [0.15, 0.2) is 170 Å². The highest BCUT2D eigenvalue weighted by molar-refractivity contribution is 5.85. The van der Waals surface area contributed by atoms with Gasteiger partial charge in [-0.25, -0.2) is 0 Å². The molecule has 0 spiro atoms. The smallest absolute Gasteiger partial charge is 0.119 e. The molecule has 3 heteroatoms. The Bertz CT molecular complexity index is 2890. The first-order chi connectivity index (χ1) is 31.0. The average Bonchev–Trinajstić information content (AvgIpc) is 3.28. The van der Waals surface area contributed by atoms with Gasteiger partial charge in [0.2, 0.25) is 0 Å². The van der Waals surface area contributed by atoms with Crippen LogP contribution < -0.4 is 14.5 Å². The van der Waals surface area contributed by atoms with Crippen LogP contribution in [0.2, 0.25) is 0 Å². The first-order valence-corrected chi connectivity index (χ1v) is 22.4. The number of anilines is 6. The Kier molecular flexibility index (Phi) is 13.1. The summed E-state index contributed by atoms with van der Waals surface area (Å²) in [6, 6.07) is 61.7. The Morgan fingerprint density at radius 2 is 0.719 bits per heavy atom. The summed E-state index contributed by atoms with van der Waals surface area (Å²) in [6.45, 7) is 18.0. The molecule has 0 aliphatic carbocycles. The molecular weight excluding hydrogens is 777 g/mol. The number of aryl methyl sites for hydroxylation is 7. The summed E-state index contributed by atoms with van der Waals surface area (Å²) in [5, 5.41) is 0. The van der Waals surface area contributed by atoms with E-state index < -0.39 is 0 Å². The second kappa shape index (κ2) is 19.4. The molecule has 0 saturated heterocycles. The van der Waals surface area contributed by atoms with Gasteiger partial charge >= 0.3 is 0 Å². The minimum absolute atomic E-state index is 0.652. The zero-order chi connectivity index (χ0) is 44.7. The first kappa shape index (κ1) is 43.3. The SMILES string of the molecule is CCOc1cccc(/C=C/c2ccc(N(c3ccc(-c4ccc(N(c5ccc(/C=C/c6cccc(C)c6)cc5)c5c(C)cc(C)cc5C)cc4)cc3)c3c(C)cc(C)cc3C)cc2)c1. The summed E-state index contributed by atoms with van der Waals surface area (Å²) in [5.74, 6) is 0.887. The van der Waals surface area contributed by atoms with Crippen molar-refractivity contribution in [3.05, 3.63) is 231 Å². The lowest BCUT2D eigenvalue weighted by molar-refractivity contribution is 0.340. The lowest BCUT2D eigenvalue weighted by Gasteiger charge is -2.29. The van der Waals surface area contributed by atoms with Gasteiger partial charge in [0.15, 0.2) is 0 Å². The summed E-state index contributed by atoms with van der Waals surface area (Å²) in [7, 11) is 0. The molecule has 0 saturated carbocycles. The van der Waals surface area contributed by atoms with Gasteiger partial charge in [0.25, 0.3) is 0 Å². The Hall–Kier alpha value is -7.36. The maximum atomic E-state index is 5.72. The van der Waals surface area contributed by atoms with Gasteiger partial charge < -0.3 is 14.5 Å². The van der Waals surface area contributed by atoms with Crippen LogP contribution in [0.25, 0.3) is 35.4 Å². The van der Waals surface area contributed by atoms with E-state index in [1.54, 1.807) is 0 Å². The molecule has 0 aliphatic rings. The van der Waals surface area contributed by atoms with Gasteiger partial charge in [-0.15, -0.1) is 0 Å². The number of nitrogens with zero attached hydrogens (tertiary/aromatic N) is 2. The van der Waals surface area contributed by atoms with Gasteiger partial charge in [-0.05, 0) is 172 Å². The van der Waals surface area contributed by atoms with Crippen LogP contribution in [0.1, 0.15) is 68.1 Å². The number of rotatable bonds is 13. The zero-order valence-electron chi connectivity index (χ0n) is 38.5. The number of benzene rings is 8. The third-order valence-electron chi connectivity index (χ3n) is 11.8. The Morgan fingerprint density at radius 3 is 1.11 bits per heavy atom. The van der Waals surface area contributed by atoms with Crippen molar-refractivity contribution in [1.82, 2.24) is 0 Å². The van der Waals surface area contributed by atoms with Gasteiger partial charge in [-0.2, -0.15) is 0 Å². The Balaban J connectivity index is 1.09. The number of hydrogen-bond donors (Lipinski definition) is 0. The average molecular weight is 835 g/mol. The van der Waals surface area contributed by atoms with E-state index in [4.69, 9.17) is 4.74 Å². The summed E-state index contributed by atoms with van der Waals surface area (Å²) in [6.07, 6.45) is 8.67. The Morgan fingerprint density at radius 1 is 0.359 bits per heavy atom. The summed E-state index contributed by atoms with van der Waals surface area (Å²) in [4.78, 5) is 4.79. The fraction of sp³-hybridized carbons (Fsp3) is 0.148. The Labute approximate surface area is 381 Å². The van der Waals surface area contributed by atoms with E-state index in [2.05, 4.69) is 240 Å². The van der Waals surface area contributed by atoms with Crippen molar-refractivity contribution in [2.24, 2.45) is 0 Å². The summed E-state index contributed by atoms with van der Waals surface area (Å²) < 4.78 is 5.72. The largest absolute Gasteiger partial charge is 0.494 e. The highest BCUT2D eigenvalue weighted by atomic mass is 16.5. The van der Waals surface area contributed by atoms with E-state index in [9.17, 15) is 0 Å². The van der Waals surface area contributed by atoms with Crippen LogP contribution in [0, 0.1) is 48.5 Å². The minimum atomic E-state index is 0.652. The third-order valence-corrected chi connectivity index (χ3v) is 11.8. The molecule has 0 bridgehead atoms. The first-order valence-electron chi connectivity index (χ1n) is 22.4. The fourth-order valence-corrected chi connectivity index (χ4v) is 8.97. The lowest BCUT2D eigenvalue weighted by atomic mass is 10.00. The maximum Gasteiger partial charge on any atom is 0.119 e. The molecule has 0 aliphatic heterocycles. The second-order valence-electron chi connectivity index (χ2n) is 17.0. The van der Waals surface area contributed by atoms with E-state index in [1.807, 2.05) is 19.1 Å². The van der Waals surface area contributed by atoms with E-state index in [-0.39, 0.29) is 0 Å². The molecule has 318 valence electrons. The molecule has 0 amide bonds. The van der Waals surface area contributed by atoms with Crippen LogP contribution in [-0.4, -0.2) is 6.61 Å². The summed E-state index contributed by atoms with van der Waals surface area (Å²) >= 11 is 0. The van der Waals surface area contributed by atoms with Gasteiger partial charge in [0.1, 0.15) is 5.75 Å². The quantitative estimate of drug-likeness (QED) is 0.108. The van der Waals surface area contributed by atoms with Crippen molar-refractivity contribution in [3.63, 3.8) is 0 Å². The molecule has 8 rings (SSSR count). The lowest BCUT2D eigenvalue weighted by Crippen LogP contribution is -2.13. The summed E-state index contributed by atoms with van der Waals surface area (Å²) in [5.41, 5.74) is 22.6. The van der Waals surface area contributed by atoms with E-state index in [0.29, 0.717) is 6.61 Å². The predicted molar refractivity (Wildman–Crippen MR) is 276 cm³/mol. The fourth-order valence-electron chi connectivity index (χ4n) is 8.97. The number of hydrogen-bond acceptors (Lipinski definition) is 3. The monoisotopic (exact) mass is 834 g/mol. The van der Waals surface area contributed by atoms with E-state index in [1.165, 1.54) is 67.0 Å². The molecule has 0 N–H and O–H groups in total. The topological polar surface area (TPSA) is 15.7 Å². The van der Waals surface area contributed by atoms with Crippen LogP contribution >= 0.6 is 0 Å². The molecule has 3 nitrogen and oxygen atoms in total. The molecule has 0 atom stereocenters. The highest BCUT2D eigenvalue weighted by Crippen LogP contribution is 2.42. The molecule has 8 aromatic carbocycles. The molecular formula is C61H58N2O. The van der Waals surface area contributed by atoms with Crippen molar-refractivity contribution >= 4 is 58.4 Å². The molecule has 0 radical (unpaired) electrons. The normalized spacial score (nSPS) is 11.4. The standard InChI is InChI=1S/C61H58N2O/c1-9-64-59-15-11-14-52(41-59)19-17-50-22-30-56(31-23-50)63(61-47(7)38-44(4)39-48(61)8)58-34-26-54(27-35-58)53-24-32-57(33-25-53)62(60-45(5)36-43(3)37-46(60)6)55-28-20-49(21-29-55)16-18-51-13-10-12-42(2)40-51/h10-41H,9H2,1-8H3/b18-16+,19-17+. The van der Waals surface area contributed by atoms with Crippen LogP contribution in [0.5, 0.6) is 5.75 Å². The molecule has 0 unspecified atom stereocenters. The molecule has 8 aromatic rings. The maximum absolute atomic E-state index is 5.72. The highest BCUT2D eigenvalue weighted by Gasteiger charge is 2.20. The van der Waals surface area contributed by atoms with Crippen molar-refractivity contribution in [3.8, 4) is 16.9 Å². The van der Waals surface area contributed by atoms with Crippen molar-refractivity contribution in [2.45, 2.75) is 55.4 Å². The second-order valence-corrected chi connectivity index (χ2v) is 17.0. The third kappa shape index (κ3) is 9.96.